The molecule has 0 aromatic heterocycles. The second kappa shape index (κ2) is 7.84. The lowest BCUT2D eigenvalue weighted by Gasteiger charge is -2.51. The van der Waals surface area contributed by atoms with Gasteiger partial charge in [-0.1, -0.05) is 6.07 Å². The molecule has 1 aromatic carbocycles. The first kappa shape index (κ1) is 19.0. The molecule has 3 rings (SSSR count). The fourth-order valence-corrected chi connectivity index (χ4v) is 4.53. The number of benzene rings is 1. The molecule has 0 unspecified atom stereocenters. The van der Waals surface area contributed by atoms with Gasteiger partial charge in [0.1, 0.15) is 0 Å². The van der Waals surface area contributed by atoms with Gasteiger partial charge < -0.3 is 19.5 Å². The number of hydrogen-bond donors (Lipinski definition) is 1. The summed E-state index contributed by atoms with van der Waals surface area (Å²) in [6.45, 7) is 5.93. The molecule has 2 fully saturated rings. The summed E-state index contributed by atoms with van der Waals surface area (Å²) in [5.41, 5.74) is 0.576. The van der Waals surface area contributed by atoms with Crippen LogP contribution in [0.2, 0.25) is 0 Å². The zero-order chi connectivity index (χ0) is 18.7. The number of rotatable bonds is 6. The van der Waals surface area contributed by atoms with Crippen LogP contribution in [0.1, 0.15) is 31.7 Å². The first-order chi connectivity index (χ1) is 12.5. The molecule has 0 radical (unpaired) electrons. The van der Waals surface area contributed by atoms with Gasteiger partial charge in [0.15, 0.2) is 11.5 Å². The minimum atomic E-state index is -0.628. The van der Waals surface area contributed by atoms with Crippen LogP contribution in [0.3, 0.4) is 0 Å². The number of hydrogen-bond acceptors (Lipinski definition) is 5. The van der Waals surface area contributed by atoms with Crippen molar-refractivity contribution in [3.8, 4) is 11.5 Å². The van der Waals surface area contributed by atoms with Gasteiger partial charge in [0.2, 0.25) is 0 Å². The van der Waals surface area contributed by atoms with Gasteiger partial charge >= 0.3 is 5.97 Å². The maximum absolute atomic E-state index is 12.0. The molecule has 0 bridgehead atoms. The Morgan fingerprint density at radius 1 is 1.31 bits per heavy atom. The molecule has 0 amide bonds. The molecule has 1 N–H and O–H groups in total. The maximum atomic E-state index is 12.0. The van der Waals surface area contributed by atoms with Crippen LogP contribution in [-0.4, -0.2) is 67.3 Å². The minimum Gasteiger partial charge on any atom is -0.493 e. The van der Waals surface area contributed by atoms with Crippen molar-refractivity contribution in [2.75, 3.05) is 40.4 Å². The van der Waals surface area contributed by atoms with E-state index < -0.39 is 11.4 Å². The number of piperidine rings is 2. The van der Waals surface area contributed by atoms with Crippen molar-refractivity contribution in [3.63, 3.8) is 0 Å². The highest BCUT2D eigenvalue weighted by atomic mass is 16.5. The molecule has 6 heteroatoms. The van der Waals surface area contributed by atoms with E-state index in [1.807, 2.05) is 19.1 Å². The Morgan fingerprint density at radius 3 is 2.81 bits per heavy atom. The smallest absolute Gasteiger partial charge is 0.311 e. The number of carboxylic acids is 1. The quantitative estimate of drug-likeness (QED) is 0.839. The number of likely N-dealkylation sites (tertiary alicyclic amines) is 2. The van der Waals surface area contributed by atoms with Crippen molar-refractivity contribution in [2.45, 2.75) is 38.8 Å². The molecule has 2 atom stereocenters. The van der Waals surface area contributed by atoms with Crippen molar-refractivity contribution in [2.24, 2.45) is 5.41 Å². The van der Waals surface area contributed by atoms with Gasteiger partial charge in [-0.25, -0.2) is 0 Å². The van der Waals surface area contributed by atoms with Crippen LogP contribution in [-0.2, 0) is 11.3 Å². The number of ether oxygens (including phenoxy) is 2. The molecule has 1 aromatic rings. The van der Waals surface area contributed by atoms with Crippen molar-refractivity contribution in [1.29, 1.82) is 0 Å². The van der Waals surface area contributed by atoms with E-state index in [-0.39, 0.29) is 6.04 Å². The largest absolute Gasteiger partial charge is 0.493 e. The Balaban J connectivity index is 1.73. The minimum absolute atomic E-state index is 0.0760. The zero-order valence-corrected chi connectivity index (χ0v) is 16.0. The van der Waals surface area contributed by atoms with Crippen molar-refractivity contribution < 1.29 is 19.4 Å². The second-order valence-electron chi connectivity index (χ2n) is 7.46. The molecule has 26 heavy (non-hydrogen) atoms. The number of carbonyl (C=O) groups is 1. The molecule has 0 spiro atoms. The Kier molecular flexibility index (Phi) is 5.73. The standard InChI is InChI=1S/C20H30N2O4/c1-4-26-16-7-6-15(12-17(16)25-3)13-22-11-9-20(19(23)24)8-5-10-21(2)18(20)14-22/h6-7,12,18H,4-5,8-11,13-14H2,1-3H3,(H,23,24)/t18-,20-/m0/s1. The van der Waals surface area contributed by atoms with Crippen LogP contribution in [0, 0.1) is 5.41 Å². The maximum Gasteiger partial charge on any atom is 0.311 e. The zero-order valence-electron chi connectivity index (χ0n) is 16.0. The first-order valence-electron chi connectivity index (χ1n) is 9.46. The summed E-state index contributed by atoms with van der Waals surface area (Å²) < 4.78 is 11.0. The topological polar surface area (TPSA) is 62.2 Å². The van der Waals surface area contributed by atoms with E-state index in [0.29, 0.717) is 13.0 Å². The Hall–Kier alpha value is -1.79. The summed E-state index contributed by atoms with van der Waals surface area (Å²) in [6, 6.07) is 6.12. The fourth-order valence-electron chi connectivity index (χ4n) is 4.53. The molecule has 0 aliphatic carbocycles. The number of carboxylic acid groups (broad SMARTS) is 1. The lowest BCUT2D eigenvalue weighted by molar-refractivity contribution is -0.162. The summed E-state index contributed by atoms with van der Waals surface area (Å²) in [7, 11) is 3.71. The third kappa shape index (κ3) is 3.53. The number of nitrogens with zero attached hydrogens (tertiary/aromatic N) is 2. The Bertz CT molecular complexity index is 651. The Morgan fingerprint density at radius 2 is 2.12 bits per heavy atom. The number of aliphatic carboxylic acids is 1. The number of methoxy groups -OCH3 is 1. The molecule has 0 saturated carbocycles. The summed E-state index contributed by atoms with van der Waals surface area (Å²) in [5.74, 6) is 0.877. The highest BCUT2D eigenvalue weighted by Gasteiger charge is 2.52. The summed E-state index contributed by atoms with van der Waals surface area (Å²) >= 11 is 0. The van der Waals surface area contributed by atoms with E-state index >= 15 is 0 Å². The molecule has 144 valence electrons. The van der Waals surface area contributed by atoms with E-state index in [0.717, 1.165) is 56.1 Å². The van der Waals surface area contributed by atoms with Gasteiger partial charge in [0, 0.05) is 19.1 Å². The third-order valence-electron chi connectivity index (χ3n) is 5.97. The summed E-state index contributed by atoms with van der Waals surface area (Å²) in [5, 5.41) is 9.89. The van der Waals surface area contributed by atoms with Gasteiger partial charge in [0.25, 0.3) is 0 Å². The van der Waals surface area contributed by atoms with Gasteiger partial charge in [-0.2, -0.15) is 0 Å². The molecule has 2 saturated heterocycles. The van der Waals surface area contributed by atoms with Crippen molar-refractivity contribution in [3.05, 3.63) is 23.8 Å². The monoisotopic (exact) mass is 362 g/mol. The summed E-state index contributed by atoms with van der Waals surface area (Å²) in [6.07, 6.45) is 2.48. The van der Waals surface area contributed by atoms with E-state index in [2.05, 4.69) is 22.9 Å². The molecular formula is C20H30N2O4. The number of fused-ring (bicyclic) bond motifs is 1. The summed E-state index contributed by atoms with van der Waals surface area (Å²) in [4.78, 5) is 16.6. The molecule has 2 aliphatic rings. The van der Waals surface area contributed by atoms with Gasteiger partial charge in [-0.05, 0) is 64.0 Å². The highest BCUT2D eigenvalue weighted by molar-refractivity contribution is 5.76. The van der Waals surface area contributed by atoms with Crippen LogP contribution in [0.5, 0.6) is 11.5 Å². The number of likely N-dealkylation sites (N-methyl/N-ethyl adjacent to an activating group) is 1. The molecule has 2 heterocycles. The molecular weight excluding hydrogens is 332 g/mol. The van der Waals surface area contributed by atoms with Gasteiger partial charge in [0.05, 0.1) is 19.1 Å². The van der Waals surface area contributed by atoms with Crippen molar-refractivity contribution in [1.82, 2.24) is 9.80 Å². The Labute approximate surface area is 155 Å². The second-order valence-corrected chi connectivity index (χ2v) is 7.46. The molecule has 2 aliphatic heterocycles. The average molecular weight is 362 g/mol. The first-order valence-corrected chi connectivity index (χ1v) is 9.46. The third-order valence-corrected chi connectivity index (χ3v) is 5.97. The average Bonchev–Trinajstić information content (AvgIpc) is 2.63. The molecule has 6 nitrogen and oxygen atoms in total. The van der Waals surface area contributed by atoms with Crippen LogP contribution in [0.15, 0.2) is 18.2 Å². The van der Waals surface area contributed by atoms with E-state index in [1.54, 1.807) is 7.11 Å². The lowest BCUT2D eigenvalue weighted by Crippen LogP contribution is -2.62. The SMILES string of the molecule is CCOc1ccc(CN2CC[C@@]3(C(=O)O)CCCN(C)[C@H]3C2)cc1OC. The van der Waals surface area contributed by atoms with Crippen molar-refractivity contribution >= 4 is 5.97 Å². The van der Waals surface area contributed by atoms with E-state index in [1.165, 1.54) is 0 Å². The lowest BCUT2D eigenvalue weighted by atomic mass is 9.68. The normalized spacial score (nSPS) is 27.0. The van der Waals surface area contributed by atoms with E-state index in [9.17, 15) is 9.90 Å². The van der Waals surface area contributed by atoms with Crippen LogP contribution in [0.4, 0.5) is 0 Å². The van der Waals surface area contributed by atoms with Gasteiger partial charge in [-0.3, -0.25) is 9.69 Å². The fraction of sp³-hybridized carbons (Fsp3) is 0.650. The van der Waals surface area contributed by atoms with Crippen LogP contribution >= 0.6 is 0 Å². The van der Waals surface area contributed by atoms with Crippen LogP contribution in [0.25, 0.3) is 0 Å². The predicted molar refractivity (Wildman–Crippen MR) is 99.8 cm³/mol. The van der Waals surface area contributed by atoms with E-state index in [4.69, 9.17) is 9.47 Å². The van der Waals surface area contributed by atoms with Gasteiger partial charge in [-0.15, -0.1) is 0 Å². The predicted octanol–water partition coefficient (Wildman–Crippen LogP) is 2.46. The highest BCUT2D eigenvalue weighted by Crippen LogP contribution is 2.42. The van der Waals surface area contributed by atoms with Crippen LogP contribution < -0.4 is 9.47 Å².